The standard InChI is InChI=1S/C12H18BrN3O2/c1-2-11(16-8-9(13)6-15-16)12(17)14-7-10-4-3-5-18-10/h6,8,10-11H,2-5,7H2,1H3,(H,14,17)/t10-,11+/m0/s1. The van der Waals surface area contributed by atoms with Gasteiger partial charge in [-0.2, -0.15) is 5.10 Å². The predicted octanol–water partition coefficient (Wildman–Crippen LogP) is 1.89. The van der Waals surface area contributed by atoms with Gasteiger partial charge in [0.05, 0.1) is 16.8 Å². The third-order valence-electron chi connectivity index (χ3n) is 3.11. The van der Waals surface area contributed by atoms with E-state index in [1.807, 2.05) is 13.1 Å². The van der Waals surface area contributed by atoms with Crippen LogP contribution in [-0.2, 0) is 9.53 Å². The van der Waals surface area contributed by atoms with Crippen LogP contribution in [0.3, 0.4) is 0 Å². The lowest BCUT2D eigenvalue weighted by Crippen LogP contribution is -2.37. The first-order valence-electron chi connectivity index (χ1n) is 6.29. The Labute approximate surface area is 115 Å². The van der Waals surface area contributed by atoms with Gasteiger partial charge in [-0.05, 0) is 35.2 Å². The quantitative estimate of drug-likeness (QED) is 0.902. The molecule has 1 aliphatic rings. The third kappa shape index (κ3) is 3.32. The van der Waals surface area contributed by atoms with Gasteiger partial charge in [-0.25, -0.2) is 0 Å². The molecule has 0 unspecified atom stereocenters. The molecule has 0 aliphatic carbocycles. The van der Waals surface area contributed by atoms with Crippen molar-refractivity contribution in [3.05, 3.63) is 16.9 Å². The van der Waals surface area contributed by atoms with Crippen LogP contribution in [0.5, 0.6) is 0 Å². The summed E-state index contributed by atoms with van der Waals surface area (Å²) in [5.74, 6) is 0.00333. The molecule has 1 aromatic rings. The van der Waals surface area contributed by atoms with Crippen LogP contribution in [0.4, 0.5) is 0 Å². The normalized spacial score (nSPS) is 20.9. The summed E-state index contributed by atoms with van der Waals surface area (Å²) in [4.78, 5) is 12.1. The second-order valence-electron chi connectivity index (χ2n) is 4.44. The minimum Gasteiger partial charge on any atom is -0.376 e. The molecule has 0 aromatic carbocycles. The molecule has 2 heterocycles. The van der Waals surface area contributed by atoms with Crippen LogP contribution in [0.15, 0.2) is 16.9 Å². The van der Waals surface area contributed by atoms with Gasteiger partial charge in [0.15, 0.2) is 0 Å². The summed E-state index contributed by atoms with van der Waals surface area (Å²) in [6.07, 6.45) is 6.52. The number of carbonyl (C=O) groups excluding carboxylic acids is 1. The average Bonchev–Trinajstić information content (AvgIpc) is 2.99. The van der Waals surface area contributed by atoms with Gasteiger partial charge < -0.3 is 10.1 Å². The van der Waals surface area contributed by atoms with Crippen molar-refractivity contribution >= 4 is 21.8 Å². The van der Waals surface area contributed by atoms with Crippen LogP contribution in [-0.4, -0.2) is 34.9 Å². The Morgan fingerprint density at radius 2 is 2.61 bits per heavy atom. The number of hydrogen-bond acceptors (Lipinski definition) is 3. The Bertz CT molecular complexity index is 402. The Balaban J connectivity index is 1.89. The van der Waals surface area contributed by atoms with Crippen LogP contribution in [0.1, 0.15) is 32.2 Å². The number of carbonyl (C=O) groups is 1. The van der Waals surface area contributed by atoms with E-state index in [4.69, 9.17) is 4.74 Å². The topological polar surface area (TPSA) is 56.1 Å². The fourth-order valence-electron chi connectivity index (χ4n) is 2.12. The number of nitrogens with one attached hydrogen (secondary N) is 1. The second kappa shape index (κ2) is 6.33. The lowest BCUT2D eigenvalue weighted by molar-refractivity contribution is -0.125. The highest BCUT2D eigenvalue weighted by atomic mass is 79.9. The first-order chi connectivity index (χ1) is 8.70. The van der Waals surface area contributed by atoms with E-state index in [0.717, 1.165) is 23.9 Å². The highest BCUT2D eigenvalue weighted by Crippen LogP contribution is 2.15. The van der Waals surface area contributed by atoms with Crippen molar-refractivity contribution < 1.29 is 9.53 Å². The van der Waals surface area contributed by atoms with Crippen LogP contribution in [0.2, 0.25) is 0 Å². The average molecular weight is 316 g/mol. The molecule has 5 nitrogen and oxygen atoms in total. The van der Waals surface area contributed by atoms with Crippen LogP contribution >= 0.6 is 15.9 Å². The van der Waals surface area contributed by atoms with E-state index in [1.54, 1.807) is 10.9 Å². The zero-order valence-corrected chi connectivity index (χ0v) is 12.0. The first kappa shape index (κ1) is 13.5. The van der Waals surface area contributed by atoms with Crippen LogP contribution in [0.25, 0.3) is 0 Å². The number of hydrogen-bond donors (Lipinski definition) is 1. The Morgan fingerprint density at radius 1 is 1.78 bits per heavy atom. The molecular weight excluding hydrogens is 298 g/mol. The molecule has 0 saturated carbocycles. The monoisotopic (exact) mass is 315 g/mol. The molecule has 1 aliphatic heterocycles. The molecule has 0 spiro atoms. The van der Waals surface area contributed by atoms with Crippen molar-refractivity contribution in [2.75, 3.05) is 13.2 Å². The Kier molecular flexibility index (Phi) is 4.77. The van der Waals surface area contributed by atoms with E-state index >= 15 is 0 Å². The van der Waals surface area contributed by atoms with Gasteiger partial charge in [0, 0.05) is 19.3 Å². The zero-order valence-electron chi connectivity index (χ0n) is 10.4. The fourth-order valence-corrected chi connectivity index (χ4v) is 2.42. The molecule has 6 heteroatoms. The summed E-state index contributed by atoms with van der Waals surface area (Å²) < 4.78 is 8.05. The van der Waals surface area contributed by atoms with Crippen LogP contribution < -0.4 is 5.32 Å². The second-order valence-corrected chi connectivity index (χ2v) is 5.36. The summed E-state index contributed by atoms with van der Waals surface area (Å²) >= 11 is 3.34. The smallest absolute Gasteiger partial charge is 0.244 e. The molecule has 2 rings (SSSR count). The summed E-state index contributed by atoms with van der Waals surface area (Å²) in [6, 6.07) is -0.252. The van der Waals surface area contributed by atoms with Gasteiger partial charge in [-0.15, -0.1) is 0 Å². The first-order valence-corrected chi connectivity index (χ1v) is 7.09. The minimum absolute atomic E-state index is 0.00333. The molecule has 0 radical (unpaired) electrons. The molecule has 18 heavy (non-hydrogen) atoms. The number of nitrogens with zero attached hydrogens (tertiary/aromatic N) is 2. The van der Waals surface area contributed by atoms with E-state index in [-0.39, 0.29) is 18.1 Å². The molecule has 0 bridgehead atoms. The van der Waals surface area contributed by atoms with Crippen molar-refractivity contribution in [2.45, 2.75) is 38.3 Å². The lowest BCUT2D eigenvalue weighted by Gasteiger charge is -2.17. The molecular formula is C12H18BrN3O2. The number of amides is 1. The maximum absolute atomic E-state index is 12.1. The molecule has 2 atom stereocenters. The third-order valence-corrected chi connectivity index (χ3v) is 3.52. The Hall–Kier alpha value is -0.880. The number of ether oxygens (including phenoxy) is 1. The fraction of sp³-hybridized carbons (Fsp3) is 0.667. The van der Waals surface area contributed by atoms with E-state index in [2.05, 4.69) is 26.3 Å². The van der Waals surface area contributed by atoms with E-state index in [0.29, 0.717) is 13.0 Å². The van der Waals surface area contributed by atoms with Crippen molar-refractivity contribution in [3.63, 3.8) is 0 Å². The molecule has 1 aromatic heterocycles. The van der Waals surface area contributed by atoms with Crippen LogP contribution in [0, 0.1) is 0 Å². The largest absolute Gasteiger partial charge is 0.376 e. The van der Waals surface area contributed by atoms with Crippen molar-refractivity contribution in [3.8, 4) is 0 Å². The van der Waals surface area contributed by atoms with Crippen molar-refractivity contribution in [1.29, 1.82) is 0 Å². The van der Waals surface area contributed by atoms with E-state index in [1.165, 1.54) is 0 Å². The highest BCUT2D eigenvalue weighted by Gasteiger charge is 2.21. The lowest BCUT2D eigenvalue weighted by atomic mass is 10.2. The number of aromatic nitrogens is 2. The summed E-state index contributed by atoms with van der Waals surface area (Å²) in [6.45, 7) is 3.38. The maximum atomic E-state index is 12.1. The number of rotatable bonds is 5. The number of halogens is 1. The summed E-state index contributed by atoms with van der Waals surface area (Å²) in [7, 11) is 0. The SMILES string of the molecule is CC[C@H](C(=O)NC[C@@H]1CCCO1)n1cc(Br)cn1. The van der Waals surface area contributed by atoms with Gasteiger partial charge in [0.25, 0.3) is 0 Å². The van der Waals surface area contributed by atoms with Gasteiger partial charge >= 0.3 is 0 Å². The van der Waals surface area contributed by atoms with Crippen molar-refractivity contribution in [1.82, 2.24) is 15.1 Å². The molecule has 1 fully saturated rings. The minimum atomic E-state index is -0.252. The zero-order chi connectivity index (χ0) is 13.0. The van der Waals surface area contributed by atoms with Gasteiger partial charge in [0.2, 0.25) is 5.91 Å². The Morgan fingerprint density at radius 3 is 3.17 bits per heavy atom. The van der Waals surface area contributed by atoms with E-state index < -0.39 is 0 Å². The van der Waals surface area contributed by atoms with Gasteiger partial charge in [-0.3, -0.25) is 9.48 Å². The molecule has 1 saturated heterocycles. The van der Waals surface area contributed by atoms with Gasteiger partial charge in [-0.1, -0.05) is 6.92 Å². The summed E-state index contributed by atoms with van der Waals surface area (Å²) in [5, 5.41) is 7.11. The predicted molar refractivity (Wildman–Crippen MR) is 71.2 cm³/mol. The molecule has 1 amide bonds. The van der Waals surface area contributed by atoms with E-state index in [9.17, 15) is 4.79 Å². The highest BCUT2D eigenvalue weighted by molar-refractivity contribution is 9.10. The molecule has 100 valence electrons. The van der Waals surface area contributed by atoms with Crippen molar-refractivity contribution in [2.24, 2.45) is 0 Å². The van der Waals surface area contributed by atoms with Gasteiger partial charge in [0.1, 0.15) is 6.04 Å². The molecule has 1 N–H and O–H groups in total. The summed E-state index contributed by atoms with van der Waals surface area (Å²) in [5.41, 5.74) is 0. The maximum Gasteiger partial charge on any atom is 0.244 e.